The Kier molecular flexibility index (Phi) is 7.03. The predicted molar refractivity (Wildman–Crippen MR) is 88.1 cm³/mol. The fourth-order valence-electron chi connectivity index (χ4n) is 2.01. The summed E-state index contributed by atoms with van der Waals surface area (Å²) in [5, 5.41) is 21.3. The zero-order chi connectivity index (χ0) is 18.3. The molecule has 7 nitrogen and oxygen atoms in total. The molecule has 0 unspecified atom stereocenters. The number of carbonyl (C=O) groups is 2. The van der Waals surface area contributed by atoms with E-state index in [9.17, 15) is 14.7 Å². The number of carboxylic acid groups (broad SMARTS) is 1. The number of ether oxygens (including phenoxy) is 2. The predicted octanol–water partition coefficient (Wildman–Crippen LogP) is 1.97. The van der Waals surface area contributed by atoms with Gasteiger partial charge in [0.25, 0.3) is 0 Å². The Morgan fingerprint density at radius 3 is 2.25 bits per heavy atom. The van der Waals surface area contributed by atoms with E-state index in [-0.39, 0.29) is 6.42 Å². The van der Waals surface area contributed by atoms with Crippen LogP contribution in [0.5, 0.6) is 5.75 Å². The molecule has 0 aliphatic rings. The number of aliphatic hydroxyl groups is 1. The summed E-state index contributed by atoms with van der Waals surface area (Å²) in [5.41, 5.74) is 0.0295. The topological polar surface area (TPSA) is 105 Å². The number of hydrogen-bond acceptors (Lipinski definition) is 5. The Balaban J connectivity index is 2.82. The number of carboxylic acids is 1. The molecule has 0 aliphatic heterocycles. The molecule has 0 radical (unpaired) electrons. The summed E-state index contributed by atoms with van der Waals surface area (Å²) in [7, 11) is 0. The number of nitrogens with one attached hydrogen (secondary N) is 1. The summed E-state index contributed by atoms with van der Waals surface area (Å²) >= 11 is 0. The molecule has 0 saturated carbocycles. The van der Waals surface area contributed by atoms with Crippen LogP contribution in [0.4, 0.5) is 4.79 Å². The normalized spacial score (nSPS) is 13.7. The summed E-state index contributed by atoms with van der Waals surface area (Å²) in [5.74, 6) is -0.723. The number of hydrogen-bond donors (Lipinski definition) is 3. The molecule has 134 valence electrons. The van der Waals surface area contributed by atoms with Gasteiger partial charge in [0.15, 0.2) is 6.10 Å². The van der Waals surface area contributed by atoms with Crippen molar-refractivity contribution < 1.29 is 29.3 Å². The van der Waals surface area contributed by atoms with E-state index in [0.717, 1.165) is 5.56 Å². The highest BCUT2D eigenvalue weighted by atomic mass is 16.6. The Hall–Kier alpha value is -2.28. The van der Waals surface area contributed by atoms with Gasteiger partial charge in [-0.05, 0) is 51.8 Å². The Labute approximate surface area is 141 Å². The lowest BCUT2D eigenvalue weighted by atomic mass is 10.0. The highest BCUT2D eigenvalue weighted by Crippen LogP contribution is 2.15. The third kappa shape index (κ3) is 6.87. The molecular formula is C17H25NO6. The molecule has 0 fully saturated rings. The minimum Gasteiger partial charge on any atom is -0.494 e. The molecule has 1 amide bonds. The van der Waals surface area contributed by atoms with Crippen LogP contribution >= 0.6 is 0 Å². The Bertz CT molecular complexity index is 549. The molecule has 3 N–H and O–H groups in total. The van der Waals surface area contributed by atoms with Gasteiger partial charge >= 0.3 is 12.1 Å². The van der Waals surface area contributed by atoms with Crippen LogP contribution in [0.1, 0.15) is 33.3 Å². The Morgan fingerprint density at radius 1 is 1.21 bits per heavy atom. The fraction of sp³-hybridized carbons (Fsp3) is 0.529. The summed E-state index contributed by atoms with van der Waals surface area (Å²) in [4.78, 5) is 22.9. The third-order valence-corrected chi connectivity index (χ3v) is 3.03. The second kappa shape index (κ2) is 8.54. The van der Waals surface area contributed by atoms with Crippen molar-refractivity contribution >= 4 is 12.1 Å². The van der Waals surface area contributed by atoms with Gasteiger partial charge in [-0.2, -0.15) is 0 Å². The van der Waals surface area contributed by atoms with Crippen LogP contribution in [0, 0.1) is 0 Å². The number of carbonyl (C=O) groups excluding carboxylic acids is 1. The SMILES string of the molecule is CCOc1ccc(C[C@H](NC(=O)OC(C)(C)C)[C@H](O)C(=O)O)cc1. The monoisotopic (exact) mass is 339 g/mol. The first-order chi connectivity index (χ1) is 11.1. The number of rotatable bonds is 7. The standard InChI is InChI=1S/C17H25NO6/c1-5-23-12-8-6-11(7-9-12)10-13(14(19)15(20)21)18-16(22)24-17(2,3)4/h6-9,13-14,19H,5,10H2,1-4H3,(H,18,22)(H,20,21)/t13-,14-/m0/s1. The number of alkyl carbamates (subject to hydrolysis) is 1. The van der Waals surface area contributed by atoms with Crippen molar-refractivity contribution in [2.24, 2.45) is 0 Å². The first kappa shape index (κ1) is 19.8. The first-order valence-electron chi connectivity index (χ1n) is 7.74. The van der Waals surface area contributed by atoms with E-state index in [4.69, 9.17) is 14.6 Å². The van der Waals surface area contributed by atoms with Gasteiger partial charge < -0.3 is 25.0 Å². The fourth-order valence-corrected chi connectivity index (χ4v) is 2.01. The van der Waals surface area contributed by atoms with Gasteiger partial charge in [-0.1, -0.05) is 12.1 Å². The van der Waals surface area contributed by atoms with Crippen molar-refractivity contribution in [1.82, 2.24) is 5.32 Å². The molecule has 24 heavy (non-hydrogen) atoms. The van der Waals surface area contributed by atoms with Crippen molar-refractivity contribution in [2.45, 2.75) is 51.9 Å². The van der Waals surface area contributed by atoms with Crippen LogP contribution in [0.15, 0.2) is 24.3 Å². The minimum atomic E-state index is -1.75. The van der Waals surface area contributed by atoms with Crippen LogP contribution in [0.2, 0.25) is 0 Å². The van der Waals surface area contributed by atoms with Gasteiger partial charge in [-0.25, -0.2) is 9.59 Å². The van der Waals surface area contributed by atoms with E-state index >= 15 is 0 Å². The first-order valence-corrected chi connectivity index (χ1v) is 7.74. The van der Waals surface area contributed by atoms with Gasteiger partial charge in [0.2, 0.25) is 0 Å². The van der Waals surface area contributed by atoms with Crippen molar-refractivity contribution in [2.75, 3.05) is 6.61 Å². The van der Waals surface area contributed by atoms with Crippen LogP contribution in [0.3, 0.4) is 0 Å². The molecule has 0 aromatic heterocycles. The molecule has 1 aromatic carbocycles. The van der Waals surface area contributed by atoms with E-state index in [1.807, 2.05) is 6.92 Å². The molecule has 0 bridgehead atoms. The van der Waals surface area contributed by atoms with Crippen LogP contribution < -0.4 is 10.1 Å². The smallest absolute Gasteiger partial charge is 0.407 e. The summed E-state index contributed by atoms with van der Waals surface area (Å²) in [6.45, 7) is 7.50. The largest absolute Gasteiger partial charge is 0.494 e. The highest BCUT2D eigenvalue weighted by Gasteiger charge is 2.29. The van der Waals surface area contributed by atoms with Crippen LogP contribution in [0.25, 0.3) is 0 Å². The highest BCUT2D eigenvalue weighted by molar-refractivity contribution is 5.75. The maximum atomic E-state index is 11.9. The third-order valence-electron chi connectivity index (χ3n) is 3.03. The van der Waals surface area contributed by atoms with Gasteiger partial charge in [-0.3, -0.25) is 0 Å². The summed E-state index contributed by atoms with van der Waals surface area (Å²) in [6, 6.07) is 5.98. The van der Waals surface area contributed by atoms with Crippen LogP contribution in [-0.2, 0) is 16.0 Å². The molecule has 0 aliphatic carbocycles. The zero-order valence-corrected chi connectivity index (χ0v) is 14.4. The summed E-state index contributed by atoms with van der Waals surface area (Å²) in [6.07, 6.45) is -2.39. The molecule has 2 atom stereocenters. The van der Waals surface area contributed by atoms with Crippen molar-refractivity contribution in [3.8, 4) is 5.75 Å². The van der Waals surface area contributed by atoms with Gasteiger partial charge in [0.1, 0.15) is 11.4 Å². The van der Waals surface area contributed by atoms with E-state index in [0.29, 0.717) is 12.4 Å². The average molecular weight is 339 g/mol. The number of aliphatic hydroxyl groups excluding tert-OH is 1. The molecule has 1 aromatic rings. The van der Waals surface area contributed by atoms with Crippen molar-refractivity contribution in [3.63, 3.8) is 0 Å². The quantitative estimate of drug-likeness (QED) is 0.701. The van der Waals surface area contributed by atoms with Gasteiger partial charge in [-0.15, -0.1) is 0 Å². The molecule has 0 saturated heterocycles. The second-order valence-corrected chi connectivity index (χ2v) is 6.32. The zero-order valence-electron chi connectivity index (χ0n) is 14.4. The molecular weight excluding hydrogens is 314 g/mol. The van der Waals surface area contributed by atoms with E-state index in [2.05, 4.69) is 5.32 Å². The number of amides is 1. The molecule has 0 spiro atoms. The molecule has 7 heteroatoms. The Morgan fingerprint density at radius 2 is 1.79 bits per heavy atom. The maximum absolute atomic E-state index is 11.9. The lowest BCUT2D eigenvalue weighted by Gasteiger charge is -2.25. The van der Waals surface area contributed by atoms with E-state index in [1.165, 1.54) is 0 Å². The van der Waals surface area contributed by atoms with Crippen molar-refractivity contribution in [1.29, 1.82) is 0 Å². The lowest BCUT2D eigenvalue weighted by Crippen LogP contribution is -2.49. The van der Waals surface area contributed by atoms with Crippen LogP contribution in [-0.4, -0.2) is 46.6 Å². The van der Waals surface area contributed by atoms with E-state index in [1.54, 1.807) is 45.0 Å². The second-order valence-electron chi connectivity index (χ2n) is 6.32. The maximum Gasteiger partial charge on any atom is 0.407 e. The van der Waals surface area contributed by atoms with E-state index < -0.39 is 29.8 Å². The van der Waals surface area contributed by atoms with Gasteiger partial charge in [0.05, 0.1) is 12.6 Å². The molecule has 0 heterocycles. The van der Waals surface area contributed by atoms with Gasteiger partial charge in [0, 0.05) is 0 Å². The molecule has 1 rings (SSSR count). The summed E-state index contributed by atoms with van der Waals surface area (Å²) < 4.78 is 10.5. The number of aliphatic carboxylic acids is 1. The van der Waals surface area contributed by atoms with Crippen molar-refractivity contribution in [3.05, 3.63) is 29.8 Å². The average Bonchev–Trinajstić information content (AvgIpc) is 2.46. The lowest BCUT2D eigenvalue weighted by molar-refractivity contribution is -0.148. The minimum absolute atomic E-state index is 0.138. The number of benzene rings is 1.